The summed E-state index contributed by atoms with van der Waals surface area (Å²) in [6.07, 6.45) is 8.26. The number of aliphatic hydroxyl groups is 1. The van der Waals surface area contributed by atoms with E-state index in [0.29, 0.717) is 5.92 Å². The number of nitrogens with one attached hydrogen (secondary N) is 1. The number of benzene rings is 2. The summed E-state index contributed by atoms with van der Waals surface area (Å²) in [5.41, 5.74) is 4.11. The number of allylic oxidation sites excluding steroid dienone is 1. The van der Waals surface area contributed by atoms with Crippen LogP contribution in [0.15, 0.2) is 54.6 Å². The molecule has 1 aromatic heterocycles. The summed E-state index contributed by atoms with van der Waals surface area (Å²) < 4.78 is 5.61. The molecule has 1 fully saturated rings. The predicted octanol–water partition coefficient (Wildman–Crippen LogP) is 5.07. The van der Waals surface area contributed by atoms with Gasteiger partial charge in [0, 0.05) is 24.4 Å². The maximum Gasteiger partial charge on any atom is 0.126 e. The molecular weight excluding hydrogens is 410 g/mol. The molecule has 174 valence electrons. The molecule has 33 heavy (non-hydrogen) atoms. The Morgan fingerprint density at radius 3 is 2.73 bits per heavy atom. The number of para-hydroxylation sites is 3. The smallest absolute Gasteiger partial charge is 0.126 e. The van der Waals surface area contributed by atoms with Gasteiger partial charge in [0.25, 0.3) is 0 Å². The van der Waals surface area contributed by atoms with Gasteiger partial charge < -0.3 is 19.7 Å². The Labute approximate surface area is 196 Å². The summed E-state index contributed by atoms with van der Waals surface area (Å²) in [6, 6.07) is 16.5. The monoisotopic (exact) mass is 445 g/mol. The molecule has 1 heterocycles. The molecule has 2 N–H and O–H groups in total. The van der Waals surface area contributed by atoms with E-state index in [0.717, 1.165) is 74.2 Å². The lowest BCUT2D eigenvalue weighted by atomic mass is 9.61. The number of rotatable bonds is 9. The van der Waals surface area contributed by atoms with Crippen molar-refractivity contribution >= 4 is 16.6 Å². The third kappa shape index (κ3) is 4.57. The van der Waals surface area contributed by atoms with Gasteiger partial charge in [0.2, 0.25) is 0 Å². The first-order chi connectivity index (χ1) is 16.1. The van der Waals surface area contributed by atoms with Gasteiger partial charge in [-0.25, -0.2) is 4.98 Å². The molecule has 3 atom stereocenters. The fourth-order valence-corrected chi connectivity index (χ4v) is 5.80. The number of hydrogen-bond donors (Lipinski definition) is 2. The number of aromatic nitrogens is 2. The summed E-state index contributed by atoms with van der Waals surface area (Å²) in [4.78, 5) is 10.5. The van der Waals surface area contributed by atoms with Crippen LogP contribution in [0.1, 0.15) is 43.5 Å². The highest BCUT2D eigenvalue weighted by molar-refractivity contribution is 5.75. The van der Waals surface area contributed by atoms with Crippen LogP contribution in [-0.4, -0.2) is 52.8 Å². The predicted molar refractivity (Wildman–Crippen MR) is 133 cm³/mol. The molecule has 2 aromatic carbocycles. The van der Waals surface area contributed by atoms with Crippen molar-refractivity contribution in [2.24, 2.45) is 11.8 Å². The Morgan fingerprint density at radius 1 is 1.12 bits per heavy atom. The van der Waals surface area contributed by atoms with Crippen LogP contribution >= 0.6 is 0 Å². The first-order valence-electron chi connectivity index (χ1n) is 12.3. The van der Waals surface area contributed by atoms with E-state index >= 15 is 0 Å². The average molecular weight is 446 g/mol. The summed E-state index contributed by atoms with van der Waals surface area (Å²) in [6.45, 7) is 1.92. The van der Waals surface area contributed by atoms with Crippen molar-refractivity contribution in [3.63, 3.8) is 0 Å². The minimum absolute atomic E-state index is 0.228. The first kappa shape index (κ1) is 22.2. The summed E-state index contributed by atoms with van der Waals surface area (Å²) >= 11 is 0. The zero-order chi connectivity index (χ0) is 22.8. The maximum absolute atomic E-state index is 11.6. The van der Waals surface area contributed by atoms with Crippen LogP contribution in [0.5, 0.6) is 5.75 Å². The lowest BCUT2D eigenvalue weighted by Gasteiger charge is -2.48. The Balaban J connectivity index is 1.16. The number of imidazole rings is 1. The lowest BCUT2D eigenvalue weighted by Crippen LogP contribution is -2.48. The van der Waals surface area contributed by atoms with E-state index in [2.05, 4.69) is 46.2 Å². The molecular formula is C28H35N3O2. The highest BCUT2D eigenvalue weighted by atomic mass is 16.5. The van der Waals surface area contributed by atoms with Crippen molar-refractivity contribution in [1.29, 1.82) is 0 Å². The third-order valence-electron chi connectivity index (χ3n) is 7.67. The van der Waals surface area contributed by atoms with Gasteiger partial charge in [-0.1, -0.05) is 36.4 Å². The molecule has 0 amide bonds. The molecule has 1 saturated carbocycles. The van der Waals surface area contributed by atoms with Gasteiger partial charge in [0.15, 0.2) is 0 Å². The molecule has 6 rings (SSSR count). The summed E-state index contributed by atoms with van der Waals surface area (Å²) in [5, 5.41) is 11.6. The highest BCUT2D eigenvalue weighted by Crippen LogP contribution is 2.52. The number of hydrogen-bond acceptors (Lipinski definition) is 4. The molecule has 3 aliphatic carbocycles. The van der Waals surface area contributed by atoms with Crippen molar-refractivity contribution in [1.82, 2.24) is 14.9 Å². The van der Waals surface area contributed by atoms with Gasteiger partial charge in [0.1, 0.15) is 11.6 Å². The molecule has 3 unspecified atom stereocenters. The molecule has 2 bridgehead atoms. The molecule has 3 aromatic rings. The molecule has 3 aliphatic rings. The summed E-state index contributed by atoms with van der Waals surface area (Å²) in [7, 11) is 3.90. The average Bonchev–Trinajstić information content (AvgIpc) is 3.26. The molecule has 0 aliphatic heterocycles. The fraction of sp³-hybridized carbons (Fsp3) is 0.464. The van der Waals surface area contributed by atoms with Gasteiger partial charge in [0.05, 0.1) is 23.7 Å². The zero-order valence-electron chi connectivity index (χ0n) is 19.8. The highest BCUT2D eigenvalue weighted by Gasteiger charge is 2.46. The Bertz CT molecular complexity index is 1100. The molecule has 5 heteroatoms. The standard InChI is InChI=1S/C28H35N3O2/c1-31(16-7-12-27-29-24-9-4-5-10-25(24)30-27)17-15-28(32)19-20-13-14-21(28)18-23(20)22-8-3-6-11-26(22)33-2/h3-6,8-11,18,20-21,32H,7,12-17,19H2,1-2H3,(H,29,30). The lowest BCUT2D eigenvalue weighted by molar-refractivity contribution is -0.0574. The number of aromatic amines is 1. The van der Waals surface area contributed by atoms with E-state index in [1.807, 2.05) is 30.3 Å². The van der Waals surface area contributed by atoms with Crippen LogP contribution in [0.2, 0.25) is 0 Å². The van der Waals surface area contributed by atoms with E-state index in [1.54, 1.807) is 7.11 Å². The summed E-state index contributed by atoms with van der Waals surface area (Å²) in [5.74, 6) is 2.63. The van der Waals surface area contributed by atoms with Gasteiger partial charge in [-0.2, -0.15) is 0 Å². The first-order valence-corrected chi connectivity index (χ1v) is 12.3. The Morgan fingerprint density at radius 2 is 1.94 bits per heavy atom. The van der Waals surface area contributed by atoms with E-state index in [9.17, 15) is 5.11 Å². The van der Waals surface area contributed by atoms with Gasteiger partial charge in [-0.3, -0.25) is 0 Å². The second-order valence-corrected chi connectivity index (χ2v) is 9.87. The number of nitrogens with zero attached hydrogens (tertiary/aromatic N) is 2. The topological polar surface area (TPSA) is 61.4 Å². The number of ether oxygens (including phenoxy) is 1. The van der Waals surface area contributed by atoms with Crippen molar-refractivity contribution in [3.8, 4) is 5.75 Å². The van der Waals surface area contributed by atoms with Gasteiger partial charge in [-0.05, 0) is 75.4 Å². The number of methoxy groups -OCH3 is 1. The van der Waals surface area contributed by atoms with E-state index in [-0.39, 0.29) is 5.92 Å². The van der Waals surface area contributed by atoms with E-state index < -0.39 is 5.60 Å². The minimum Gasteiger partial charge on any atom is -0.496 e. The molecule has 0 saturated heterocycles. The van der Waals surface area contributed by atoms with Crippen LogP contribution in [0.25, 0.3) is 16.6 Å². The van der Waals surface area contributed by atoms with Crippen LogP contribution in [0.4, 0.5) is 0 Å². The second kappa shape index (κ2) is 9.32. The van der Waals surface area contributed by atoms with Gasteiger partial charge >= 0.3 is 0 Å². The third-order valence-corrected chi connectivity index (χ3v) is 7.67. The van der Waals surface area contributed by atoms with Crippen molar-refractivity contribution in [3.05, 3.63) is 66.0 Å². The van der Waals surface area contributed by atoms with E-state index in [1.165, 1.54) is 11.1 Å². The molecule has 5 nitrogen and oxygen atoms in total. The van der Waals surface area contributed by atoms with Crippen LogP contribution in [-0.2, 0) is 6.42 Å². The quantitative estimate of drug-likeness (QED) is 0.483. The Kier molecular flexibility index (Phi) is 6.26. The van der Waals surface area contributed by atoms with Crippen molar-refractivity contribution in [2.45, 2.75) is 44.1 Å². The van der Waals surface area contributed by atoms with Gasteiger partial charge in [-0.15, -0.1) is 0 Å². The Hall–Kier alpha value is -2.63. The largest absolute Gasteiger partial charge is 0.496 e. The SMILES string of the molecule is COc1ccccc1C1=CC2CCC1CC2(O)CCN(C)CCCc1nc2ccccc2[nH]1. The number of H-pyrrole nitrogens is 1. The zero-order valence-corrected chi connectivity index (χ0v) is 19.8. The molecule has 0 radical (unpaired) electrons. The van der Waals surface area contributed by atoms with Crippen LogP contribution in [0.3, 0.4) is 0 Å². The fourth-order valence-electron chi connectivity index (χ4n) is 5.80. The number of aryl methyl sites for hydroxylation is 1. The van der Waals surface area contributed by atoms with Crippen LogP contribution in [0, 0.1) is 11.8 Å². The second-order valence-electron chi connectivity index (χ2n) is 9.87. The van der Waals surface area contributed by atoms with E-state index in [4.69, 9.17) is 4.74 Å². The van der Waals surface area contributed by atoms with Crippen LogP contribution < -0.4 is 4.74 Å². The minimum atomic E-state index is -0.596. The maximum atomic E-state index is 11.6. The van der Waals surface area contributed by atoms with Crippen molar-refractivity contribution in [2.75, 3.05) is 27.2 Å². The molecule has 0 spiro atoms. The normalized spacial score (nSPS) is 24.4. The van der Waals surface area contributed by atoms with Crippen molar-refractivity contribution < 1.29 is 9.84 Å². The number of fused-ring (bicyclic) bond motifs is 3.